The van der Waals surface area contributed by atoms with Crippen molar-refractivity contribution in [2.24, 2.45) is 23.7 Å². The molecule has 0 aliphatic heterocycles. The Bertz CT molecular complexity index is 4540. The van der Waals surface area contributed by atoms with Gasteiger partial charge in [-0.15, -0.1) is 0 Å². The molecule has 18 nitrogen and oxygen atoms in total. The predicted octanol–water partition coefficient (Wildman–Crippen LogP) is 20.8. The first-order valence-electron chi connectivity index (χ1n) is 37.1. The van der Waals surface area contributed by atoms with Gasteiger partial charge in [0.1, 0.15) is 5.78 Å². The Kier molecular flexibility index (Phi) is 50.4. The lowest BCUT2D eigenvalue weighted by Crippen LogP contribution is -2.33. The highest BCUT2D eigenvalue weighted by Crippen LogP contribution is 2.34. The maximum absolute atomic E-state index is 12.6. The fourth-order valence-electron chi connectivity index (χ4n) is 10.0. The molecule has 0 heterocycles. The van der Waals surface area contributed by atoms with Crippen molar-refractivity contribution in [3.63, 3.8) is 0 Å². The molecular formula is C90H92N2O16S10. The third kappa shape index (κ3) is 41.2. The van der Waals surface area contributed by atoms with Crippen LogP contribution in [0.4, 0.5) is 0 Å². The lowest BCUT2D eigenvalue weighted by Gasteiger charge is -2.16. The number of carbonyl (C=O) groups is 14. The number of unbranched alkanes of at least 4 members (excludes halogenated alkanes) is 1. The van der Waals surface area contributed by atoms with Gasteiger partial charge in [-0.05, 0) is 90.1 Å². The Labute approximate surface area is 729 Å². The predicted molar refractivity (Wildman–Crippen MR) is 490 cm³/mol. The number of ketones is 4. The normalized spacial score (nSPS) is 11.4. The van der Waals surface area contributed by atoms with Gasteiger partial charge in [0.2, 0.25) is 37.4 Å². The van der Waals surface area contributed by atoms with Crippen molar-refractivity contribution in [1.29, 1.82) is 0 Å². The highest BCUT2D eigenvalue weighted by atomic mass is 33.1. The topological polar surface area (TPSA) is 281 Å². The lowest BCUT2D eigenvalue weighted by atomic mass is 9.95. The average Bonchev–Trinajstić information content (AvgIpc) is 0.887. The molecule has 0 saturated heterocycles. The highest BCUT2D eigenvalue weighted by molar-refractivity contribution is 8.87. The van der Waals surface area contributed by atoms with Crippen molar-refractivity contribution >= 4 is 186 Å². The van der Waals surface area contributed by atoms with E-state index in [1.54, 1.807) is 158 Å². The molecular weight excluding hydrogens is 1690 g/mol. The van der Waals surface area contributed by atoms with E-state index in [4.69, 9.17) is 9.47 Å². The van der Waals surface area contributed by atoms with Gasteiger partial charge in [-0.25, -0.2) is 0 Å². The van der Waals surface area contributed by atoms with Crippen molar-refractivity contribution < 1.29 is 76.6 Å². The number of hydrogen-bond acceptors (Lipinski definition) is 26. The van der Waals surface area contributed by atoms with E-state index in [0.717, 1.165) is 72.4 Å². The van der Waals surface area contributed by atoms with E-state index in [9.17, 15) is 67.1 Å². The number of nitrogens with one attached hydrogen (secondary N) is 2. The standard InChI is InChI=1S/C23H27NO3S2.C20H21NO3S2.C19H18O4S2.C14H16O4S2.C14H10O2S2/c1-2-3-15-24-22(26)20(17-21(25)18-10-6-4-7-11-18)14-16-28-29-23(27)19-12-8-5-9-13-19;1-15(22)12-18(19(23)21-13-16-8-4-2-5-9-16)14-25-26-20(24)17-10-6-3-7-11-17;1-23-18(21)16(12-17(20)14-8-4-2-5-9-14)13-24-25-19(22)15-10-6-3-7-11-15;1-10(15)20-19-9-12(14(17)18-2)8-13(16)11-6-4-3-5-7-11;15-13(11-7-3-1-4-8-11)17-18-14(16)12-9-5-2-6-10-12/h4-13,20H,2-3,14-17H2,1H3,(H,24,26);2-11,18H,12-14H2,1H3,(H,21,23);2-11,16H,12-13H2,1H3;3-7,12H,8-9H2,1-2H3;1-10H. The molecule has 2 N–H and O–H groups in total. The van der Waals surface area contributed by atoms with Gasteiger partial charge in [0.05, 0.1) is 32.0 Å². The van der Waals surface area contributed by atoms with E-state index < -0.39 is 29.7 Å². The monoisotopic (exact) mass is 1780 g/mol. The highest BCUT2D eigenvalue weighted by Gasteiger charge is 2.28. The number of carbonyl (C=O) groups excluding carboxylic acids is 14. The number of hydrogen-bond donors (Lipinski definition) is 2. The number of amides is 2. The number of esters is 2. The molecule has 0 aliphatic carbocycles. The smallest absolute Gasteiger partial charge is 0.309 e. The first-order valence-corrected chi connectivity index (χ1v) is 48.5. The van der Waals surface area contributed by atoms with E-state index in [1.165, 1.54) is 82.0 Å². The summed E-state index contributed by atoms with van der Waals surface area (Å²) < 4.78 is 9.50. The van der Waals surface area contributed by atoms with Gasteiger partial charge in [-0.3, -0.25) is 62.3 Å². The molecule has 4 unspecified atom stereocenters. The van der Waals surface area contributed by atoms with Crippen LogP contribution >= 0.6 is 108 Å². The summed E-state index contributed by atoms with van der Waals surface area (Å²) in [6.45, 7) is 6.05. The average molecular weight is 1780 g/mol. The number of Topliss-reactive ketones (excluding diaryl/α,β-unsaturated/α-hetero) is 4. The maximum Gasteiger partial charge on any atom is 0.309 e. The molecule has 0 spiro atoms. The van der Waals surface area contributed by atoms with Crippen molar-refractivity contribution in [2.75, 3.05) is 43.8 Å². The Hall–Kier alpha value is -8.94. The van der Waals surface area contributed by atoms with E-state index >= 15 is 0 Å². The van der Waals surface area contributed by atoms with Crippen molar-refractivity contribution in [3.8, 4) is 0 Å². The van der Waals surface area contributed by atoms with Gasteiger partial charge in [0, 0.05) is 119 Å². The summed E-state index contributed by atoms with van der Waals surface area (Å²) in [4.78, 5) is 168. The van der Waals surface area contributed by atoms with Crippen molar-refractivity contribution in [2.45, 2.75) is 72.3 Å². The minimum atomic E-state index is -0.584. The molecule has 0 radical (unpaired) electrons. The number of methoxy groups -OCH3 is 2. The molecule has 0 bridgehead atoms. The summed E-state index contributed by atoms with van der Waals surface area (Å²) in [5.74, 6) is -1.62. The molecule has 2 amide bonds. The summed E-state index contributed by atoms with van der Waals surface area (Å²) in [6, 6.07) is 81.3. The first kappa shape index (κ1) is 99.6. The van der Waals surface area contributed by atoms with Crippen LogP contribution in [0, 0.1) is 23.7 Å². The summed E-state index contributed by atoms with van der Waals surface area (Å²) in [6.07, 6.45) is 2.97. The van der Waals surface area contributed by atoms with E-state index in [0.29, 0.717) is 87.0 Å². The lowest BCUT2D eigenvalue weighted by molar-refractivity contribution is -0.145. The molecule has 9 rings (SSSR count). The van der Waals surface area contributed by atoms with Crippen LogP contribution in [0.25, 0.3) is 0 Å². The maximum atomic E-state index is 12.6. The summed E-state index contributed by atoms with van der Waals surface area (Å²) in [5.41, 5.74) is 5.88. The third-order valence-corrected chi connectivity index (χ3v) is 27.4. The van der Waals surface area contributed by atoms with Gasteiger partial charge in [-0.1, -0.05) is 330 Å². The molecule has 618 valence electrons. The van der Waals surface area contributed by atoms with E-state index in [-0.39, 0.29) is 97.2 Å². The van der Waals surface area contributed by atoms with Crippen LogP contribution < -0.4 is 10.6 Å². The molecule has 4 atom stereocenters. The summed E-state index contributed by atoms with van der Waals surface area (Å²) >= 11 is 0. The zero-order chi connectivity index (χ0) is 85.5. The minimum absolute atomic E-state index is 0.0000840. The second-order valence-electron chi connectivity index (χ2n) is 25.3. The molecule has 9 aromatic rings. The van der Waals surface area contributed by atoms with Crippen LogP contribution in [-0.4, -0.2) is 121 Å². The quantitative estimate of drug-likeness (QED) is 0.0157. The van der Waals surface area contributed by atoms with Crippen LogP contribution in [0.1, 0.15) is 154 Å². The number of ether oxygens (including phenoxy) is 2. The second kappa shape index (κ2) is 59.7. The van der Waals surface area contributed by atoms with Crippen LogP contribution in [-0.2, 0) is 44.8 Å². The van der Waals surface area contributed by atoms with E-state index in [2.05, 4.69) is 17.6 Å². The minimum Gasteiger partial charge on any atom is -0.469 e. The van der Waals surface area contributed by atoms with Crippen LogP contribution in [0.3, 0.4) is 0 Å². The van der Waals surface area contributed by atoms with Gasteiger partial charge >= 0.3 is 11.9 Å². The number of benzene rings is 9. The molecule has 9 aromatic carbocycles. The summed E-state index contributed by atoms with van der Waals surface area (Å²) in [7, 11) is 14.2. The number of rotatable bonds is 38. The van der Waals surface area contributed by atoms with Gasteiger partial charge < -0.3 is 24.9 Å². The molecule has 0 aromatic heterocycles. The molecule has 0 fully saturated rings. The van der Waals surface area contributed by atoms with Gasteiger partial charge in [0.25, 0.3) is 0 Å². The van der Waals surface area contributed by atoms with Crippen molar-refractivity contribution in [1.82, 2.24) is 10.6 Å². The molecule has 0 aliphatic rings. The van der Waals surface area contributed by atoms with Crippen molar-refractivity contribution in [3.05, 3.63) is 323 Å². The zero-order valence-electron chi connectivity index (χ0n) is 65.6. The Morgan fingerprint density at radius 1 is 0.314 bits per heavy atom. The molecule has 28 heteroatoms. The Morgan fingerprint density at radius 3 is 0.907 bits per heavy atom. The fourth-order valence-corrected chi connectivity index (χ4v) is 19.8. The Morgan fingerprint density at radius 2 is 0.593 bits per heavy atom. The zero-order valence-corrected chi connectivity index (χ0v) is 73.8. The van der Waals surface area contributed by atoms with Gasteiger partial charge in [0.15, 0.2) is 22.5 Å². The first-order chi connectivity index (χ1) is 57.1. The van der Waals surface area contributed by atoms with Crippen LogP contribution in [0.5, 0.6) is 0 Å². The van der Waals surface area contributed by atoms with Crippen LogP contribution in [0.2, 0.25) is 0 Å². The Balaban J connectivity index is 0.000000265. The van der Waals surface area contributed by atoms with Crippen LogP contribution in [0.15, 0.2) is 273 Å². The third-order valence-electron chi connectivity index (χ3n) is 16.2. The fraction of sp³-hybridized carbons (Fsp3) is 0.244. The largest absolute Gasteiger partial charge is 0.469 e. The molecule has 118 heavy (non-hydrogen) atoms. The second-order valence-corrected chi connectivity index (χ2v) is 36.9. The summed E-state index contributed by atoms with van der Waals surface area (Å²) in [5, 5.41) is 5.44. The van der Waals surface area contributed by atoms with Gasteiger partial charge in [-0.2, -0.15) is 0 Å². The van der Waals surface area contributed by atoms with E-state index in [1.807, 2.05) is 115 Å². The molecule has 0 saturated carbocycles. The SMILES string of the molecule is CC(=O)CC(CSSC(=O)c1ccccc1)C(=O)NCc1ccccc1.CCCCNC(=O)C(CCSSC(=O)c1ccccc1)CC(=O)c1ccccc1.COC(=O)C(CSSC(=O)c1ccccc1)CC(=O)c1ccccc1.COC(=O)C(CSSC(C)=O)CC(=O)c1ccccc1.O=C(SSC(=O)c1ccccc1)c1ccccc1.